The van der Waals surface area contributed by atoms with Crippen LogP contribution in [0.2, 0.25) is 5.02 Å². The van der Waals surface area contributed by atoms with Gasteiger partial charge in [-0.15, -0.1) is 0 Å². The highest BCUT2D eigenvalue weighted by Crippen LogP contribution is 2.66. The van der Waals surface area contributed by atoms with Crippen LogP contribution in [0.25, 0.3) is 0 Å². The van der Waals surface area contributed by atoms with Crippen LogP contribution in [0.1, 0.15) is 11.3 Å². The van der Waals surface area contributed by atoms with E-state index in [1.54, 1.807) is 6.07 Å². The van der Waals surface area contributed by atoms with E-state index in [1.165, 1.54) is 0 Å². The normalized spacial score (nSPS) is 21.4. The Balaban J connectivity index is 1.85. The summed E-state index contributed by atoms with van der Waals surface area (Å²) in [7, 11) is -3.21. The third kappa shape index (κ3) is 2.99. The lowest BCUT2D eigenvalue weighted by Crippen LogP contribution is -2.16. The van der Waals surface area contributed by atoms with Gasteiger partial charge in [-0.3, -0.25) is 4.57 Å². The molecule has 1 N–H and O–H groups in total. The number of fused-ring (bicyclic) bond motifs is 1. The van der Waals surface area contributed by atoms with Gasteiger partial charge in [0.05, 0.1) is 16.0 Å². The van der Waals surface area contributed by atoms with E-state index in [-0.39, 0.29) is 0 Å². The van der Waals surface area contributed by atoms with E-state index in [0.29, 0.717) is 16.1 Å². The molecular weight excluding hydrogens is 421 g/mol. The fraction of sp³-hybridized carbons (Fsp3) is 0.0526. The van der Waals surface area contributed by atoms with Crippen LogP contribution in [0.4, 0.5) is 5.69 Å². The molecule has 3 aromatic rings. The molecule has 126 valence electrons. The van der Waals surface area contributed by atoms with Gasteiger partial charge in [-0.1, -0.05) is 57.9 Å². The number of rotatable bonds is 3. The summed E-state index contributed by atoms with van der Waals surface area (Å²) in [5.41, 5.74) is 1.57. The van der Waals surface area contributed by atoms with Crippen LogP contribution in [-0.2, 0) is 4.57 Å². The molecule has 4 rings (SSSR count). The molecule has 3 nitrogen and oxygen atoms in total. The van der Waals surface area contributed by atoms with Crippen LogP contribution in [0, 0.1) is 0 Å². The fourth-order valence-electron chi connectivity index (χ4n) is 2.92. The first-order valence-electron chi connectivity index (χ1n) is 7.73. The maximum absolute atomic E-state index is 13.9. The third-order valence-corrected chi connectivity index (χ3v) is 7.52. The van der Waals surface area contributed by atoms with Gasteiger partial charge in [0.15, 0.2) is 0 Å². The van der Waals surface area contributed by atoms with Gasteiger partial charge in [0, 0.05) is 10.0 Å². The van der Waals surface area contributed by atoms with Crippen LogP contribution in [0.5, 0.6) is 5.75 Å². The Labute approximate surface area is 159 Å². The summed E-state index contributed by atoms with van der Waals surface area (Å²) in [6.07, 6.45) is 0. The first-order valence-corrected chi connectivity index (χ1v) is 10.6. The van der Waals surface area contributed by atoms with Crippen molar-refractivity contribution in [1.82, 2.24) is 0 Å². The highest BCUT2D eigenvalue weighted by Gasteiger charge is 2.46. The van der Waals surface area contributed by atoms with Crippen molar-refractivity contribution in [1.29, 1.82) is 0 Å². The fourth-order valence-corrected chi connectivity index (χ4v) is 5.93. The Morgan fingerprint density at radius 1 is 1.00 bits per heavy atom. The second-order valence-corrected chi connectivity index (χ2v) is 9.47. The number of benzene rings is 3. The van der Waals surface area contributed by atoms with Crippen molar-refractivity contribution in [3.8, 4) is 5.75 Å². The number of halogens is 2. The molecule has 3 aromatic carbocycles. The SMILES string of the molecule is O=P1(c2ccccc2)Oc2ccc(Br)cc2C1Nc1ccccc1Cl. The number of anilines is 1. The average molecular weight is 435 g/mol. The average Bonchev–Trinajstić information content (AvgIpc) is 2.90. The van der Waals surface area contributed by atoms with Crippen molar-refractivity contribution in [3.05, 3.63) is 87.9 Å². The largest absolute Gasteiger partial charge is 0.438 e. The number of para-hydroxylation sites is 1. The molecule has 0 saturated heterocycles. The molecule has 1 aliphatic rings. The van der Waals surface area contributed by atoms with Crippen LogP contribution in [0.3, 0.4) is 0 Å². The van der Waals surface area contributed by atoms with Gasteiger partial charge in [0.2, 0.25) is 0 Å². The second-order valence-electron chi connectivity index (χ2n) is 5.73. The van der Waals surface area contributed by atoms with E-state index in [9.17, 15) is 4.57 Å². The van der Waals surface area contributed by atoms with Crippen LogP contribution in [-0.4, -0.2) is 0 Å². The van der Waals surface area contributed by atoms with E-state index in [0.717, 1.165) is 15.7 Å². The Bertz CT molecular complexity index is 980. The molecule has 25 heavy (non-hydrogen) atoms. The molecule has 0 fully saturated rings. The summed E-state index contributed by atoms with van der Waals surface area (Å²) in [6, 6.07) is 22.4. The molecule has 2 atom stereocenters. The first-order chi connectivity index (χ1) is 12.1. The standard InChI is InChI=1S/C19H14BrClNO2P/c20-13-10-11-18-15(12-13)19(22-17-9-5-4-8-16(17)21)25(23,24-18)14-6-2-1-3-7-14/h1-12,19,22H. The summed E-state index contributed by atoms with van der Waals surface area (Å²) >= 11 is 9.78. The summed E-state index contributed by atoms with van der Waals surface area (Å²) in [5.74, 6) is 0.113. The minimum atomic E-state index is -3.21. The van der Waals surface area contributed by atoms with E-state index >= 15 is 0 Å². The smallest absolute Gasteiger partial charge is 0.303 e. The Morgan fingerprint density at radius 3 is 2.48 bits per heavy atom. The molecule has 1 aliphatic heterocycles. The molecule has 0 bridgehead atoms. The summed E-state index contributed by atoms with van der Waals surface area (Å²) < 4.78 is 20.8. The minimum absolute atomic E-state index is 0.512. The lowest BCUT2D eigenvalue weighted by molar-refractivity contribution is 0.501. The van der Waals surface area contributed by atoms with Crippen molar-refractivity contribution in [3.63, 3.8) is 0 Å². The molecule has 6 heteroatoms. The van der Waals surface area contributed by atoms with Crippen molar-refractivity contribution < 1.29 is 9.09 Å². The van der Waals surface area contributed by atoms with Crippen molar-refractivity contribution in [2.24, 2.45) is 0 Å². The van der Waals surface area contributed by atoms with Gasteiger partial charge in [0.25, 0.3) is 0 Å². The van der Waals surface area contributed by atoms with Gasteiger partial charge in [-0.25, -0.2) is 0 Å². The van der Waals surface area contributed by atoms with Gasteiger partial charge in [-0.2, -0.15) is 0 Å². The van der Waals surface area contributed by atoms with Crippen molar-refractivity contribution in [2.75, 3.05) is 5.32 Å². The molecule has 0 aromatic heterocycles. The molecule has 2 unspecified atom stereocenters. The zero-order valence-electron chi connectivity index (χ0n) is 13.0. The first kappa shape index (κ1) is 16.7. The summed E-state index contributed by atoms with van der Waals surface area (Å²) in [5, 5.41) is 4.59. The van der Waals surface area contributed by atoms with Gasteiger partial charge in [-0.05, 0) is 42.5 Å². The van der Waals surface area contributed by atoms with Crippen LogP contribution in [0.15, 0.2) is 77.3 Å². The summed E-state index contributed by atoms with van der Waals surface area (Å²) in [4.78, 5) is 0. The Kier molecular flexibility index (Phi) is 4.36. The lowest BCUT2D eigenvalue weighted by Gasteiger charge is -2.22. The zero-order valence-corrected chi connectivity index (χ0v) is 16.3. The van der Waals surface area contributed by atoms with Gasteiger partial charge >= 0.3 is 7.37 Å². The predicted molar refractivity (Wildman–Crippen MR) is 106 cm³/mol. The zero-order chi connectivity index (χ0) is 17.4. The highest BCUT2D eigenvalue weighted by atomic mass is 79.9. The number of hydrogen-bond donors (Lipinski definition) is 1. The molecule has 0 spiro atoms. The monoisotopic (exact) mass is 433 g/mol. The number of hydrogen-bond acceptors (Lipinski definition) is 3. The highest BCUT2D eigenvalue weighted by molar-refractivity contribution is 9.10. The van der Waals surface area contributed by atoms with E-state index in [1.807, 2.05) is 66.7 Å². The van der Waals surface area contributed by atoms with Crippen LogP contribution >= 0.6 is 34.9 Å². The van der Waals surface area contributed by atoms with E-state index in [4.69, 9.17) is 16.1 Å². The third-order valence-electron chi connectivity index (χ3n) is 4.12. The van der Waals surface area contributed by atoms with Crippen molar-refractivity contribution >= 4 is 45.9 Å². The van der Waals surface area contributed by atoms with Gasteiger partial charge in [0.1, 0.15) is 11.5 Å². The topological polar surface area (TPSA) is 38.3 Å². The Hall–Kier alpha value is -1.74. The van der Waals surface area contributed by atoms with Gasteiger partial charge < -0.3 is 9.84 Å². The molecule has 0 saturated carbocycles. The maximum atomic E-state index is 13.9. The van der Waals surface area contributed by atoms with E-state index < -0.39 is 13.2 Å². The summed E-state index contributed by atoms with van der Waals surface area (Å²) in [6.45, 7) is 0. The molecule has 0 radical (unpaired) electrons. The van der Waals surface area contributed by atoms with E-state index in [2.05, 4.69) is 21.2 Å². The van der Waals surface area contributed by atoms with Crippen LogP contribution < -0.4 is 15.1 Å². The molecular formula is C19H14BrClNO2P. The lowest BCUT2D eigenvalue weighted by atomic mass is 10.2. The second kappa shape index (κ2) is 6.53. The Morgan fingerprint density at radius 2 is 1.72 bits per heavy atom. The number of nitrogens with one attached hydrogen (secondary N) is 1. The minimum Gasteiger partial charge on any atom is -0.438 e. The molecule has 1 heterocycles. The molecule has 0 amide bonds. The van der Waals surface area contributed by atoms with Crippen molar-refractivity contribution in [2.45, 2.75) is 5.78 Å². The quantitative estimate of drug-likeness (QED) is 0.498. The predicted octanol–water partition coefficient (Wildman–Crippen LogP) is 6.21. The molecule has 0 aliphatic carbocycles. The maximum Gasteiger partial charge on any atom is 0.303 e.